The minimum Gasteiger partial charge on any atom is -0.393 e. The van der Waals surface area contributed by atoms with Crippen molar-refractivity contribution in [3.05, 3.63) is 42.2 Å². The number of nitrogens with one attached hydrogen (secondary N) is 2. The Morgan fingerprint density at radius 1 is 1.11 bits per heavy atom. The van der Waals surface area contributed by atoms with Gasteiger partial charge in [-0.2, -0.15) is 0 Å². The van der Waals surface area contributed by atoms with E-state index in [-0.39, 0.29) is 6.04 Å². The Morgan fingerprint density at radius 3 is 2.47 bits per heavy atom. The number of hydrogen-bond donors (Lipinski definition) is 3. The summed E-state index contributed by atoms with van der Waals surface area (Å²) in [6.07, 6.45) is 1.51. The molecule has 1 aromatic heterocycles. The van der Waals surface area contributed by atoms with Crippen LogP contribution < -0.4 is 16.4 Å². The lowest BCUT2D eigenvalue weighted by Crippen LogP contribution is -2.14. The quantitative estimate of drug-likeness (QED) is 0.767. The molecule has 0 amide bonds. The summed E-state index contributed by atoms with van der Waals surface area (Å²) >= 11 is 0. The predicted molar refractivity (Wildman–Crippen MR) is 79.0 cm³/mol. The molecule has 0 saturated carbocycles. The van der Waals surface area contributed by atoms with Crippen molar-refractivity contribution in [2.75, 3.05) is 16.4 Å². The third-order valence-electron chi connectivity index (χ3n) is 2.61. The van der Waals surface area contributed by atoms with Crippen molar-refractivity contribution < 1.29 is 0 Å². The van der Waals surface area contributed by atoms with E-state index in [1.165, 1.54) is 11.9 Å². The van der Waals surface area contributed by atoms with Crippen molar-refractivity contribution in [3.8, 4) is 0 Å². The van der Waals surface area contributed by atoms with Crippen LogP contribution in [0.5, 0.6) is 0 Å². The molecule has 19 heavy (non-hydrogen) atoms. The van der Waals surface area contributed by atoms with E-state index < -0.39 is 0 Å². The summed E-state index contributed by atoms with van der Waals surface area (Å²) in [5, 5.41) is 6.42. The van der Waals surface area contributed by atoms with E-state index in [0.717, 1.165) is 0 Å². The molecule has 2 rings (SSSR count). The summed E-state index contributed by atoms with van der Waals surface area (Å²) in [6.45, 7) is 4.76. The van der Waals surface area contributed by atoms with E-state index in [4.69, 9.17) is 5.73 Å². The molecule has 0 radical (unpaired) electrons. The number of nitrogens with zero attached hydrogens (tertiary/aromatic N) is 2. The van der Waals surface area contributed by atoms with E-state index >= 15 is 0 Å². The Kier molecular flexibility index (Phi) is 4.18. The first-order valence-corrected chi connectivity index (χ1v) is 6.31. The zero-order valence-corrected chi connectivity index (χ0v) is 11.2. The van der Waals surface area contributed by atoms with Crippen molar-refractivity contribution in [2.24, 2.45) is 0 Å². The second-order valence-corrected chi connectivity index (χ2v) is 4.62. The Hall–Kier alpha value is -2.30. The number of benzene rings is 1. The number of aromatic nitrogens is 2. The van der Waals surface area contributed by atoms with Gasteiger partial charge in [0.05, 0.1) is 0 Å². The van der Waals surface area contributed by atoms with Crippen LogP contribution in [0.15, 0.2) is 36.7 Å². The Bertz CT molecular complexity index is 525. The molecule has 2 aromatic rings. The van der Waals surface area contributed by atoms with Gasteiger partial charge in [-0.15, -0.1) is 0 Å². The molecule has 0 unspecified atom stereocenters. The molecule has 100 valence electrons. The highest BCUT2D eigenvalue weighted by molar-refractivity contribution is 5.74. The molecule has 0 saturated heterocycles. The van der Waals surface area contributed by atoms with E-state index in [1.807, 2.05) is 32.0 Å². The van der Waals surface area contributed by atoms with Crippen LogP contribution in [0.4, 0.5) is 17.3 Å². The standard InChI is InChI=1S/C14H19N5/c1-10(2)19-14-12(15)13(17-9-18-14)16-8-11-6-4-3-5-7-11/h3-7,9-10H,8,15H2,1-2H3,(H2,16,17,18,19). The number of rotatable bonds is 5. The van der Waals surface area contributed by atoms with Gasteiger partial charge in [0, 0.05) is 12.6 Å². The first-order chi connectivity index (χ1) is 9.16. The zero-order chi connectivity index (χ0) is 13.7. The van der Waals surface area contributed by atoms with Crippen LogP contribution in [0.3, 0.4) is 0 Å². The van der Waals surface area contributed by atoms with Gasteiger partial charge in [-0.1, -0.05) is 30.3 Å². The molecule has 0 aliphatic rings. The average molecular weight is 257 g/mol. The molecule has 0 atom stereocenters. The van der Waals surface area contributed by atoms with Gasteiger partial charge in [-0.05, 0) is 19.4 Å². The molecule has 0 aliphatic carbocycles. The number of anilines is 3. The zero-order valence-electron chi connectivity index (χ0n) is 11.2. The fourth-order valence-corrected chi connectivity index (χ4v) is 1.71. The highest BCUT2D eigenvalue weighted by Crippen LogP contribution is 2.23. The molecular weight excluding hydrogens is 238 g/mol. The highest BCUT2D eigenvalue weighted by Gasteiger charge is 2.08. The molecule has 0 fully saturated rings. The van der Waals surface area contributed by atoms with Gasteiger partial charge in [0.1, 0.15) is 12.0 Å². The van der Waals surface area contributed by atoms with Crippen molar-refractivity contribution in [1.29, 1.82) is 0 Å². The van der Waals surface area contributed by atoms with Gasteiger partial charge >= 0.3 is 0 Å². The highest BCUT2D eigenvalue weighted by atomic mass is 15.1. The van der Waals surface area contributed by atoms with Crippen molar-refractivity contribution in [1.82, 2.24) is 9.97 Å². The lowest BCUT2D eigenvalue weighted by molar-refractivity contribution is 0.887. The fourth-order valence-electron chi connectivity index (χ4n) is 1.71. The second-order valence-electron chi connectivity index (χ2n) is 4.62. The molecule has 0 spiro atoms. The van der Waals surface area contributed by atoms with E-state index in [0.29, 0.717) is 23.9 Å². The molecule has 1 heterocycles. The summed E-state index contributed by atoms with van der Waals surface area (Å²) in [7, 11) is 0. The molecule has 5 heteroatoms. The van der Waals surface area contributed by atoms with E-state index in [2.05, 4.69) is 32.7 Å². The fraction of sp³-hybridized carbons (Fsp3) is 0.286. The third kappa shape index (κ3) is 3.58. The first-order valence-electron chi connectivity index (χ1n) is 6.31. The normalized spacial score (nSPS) is 10.5. The molecule has 5 nitrogen and oxygen atoms in total. The average Bonchev–Trinajstić information content (AvgIpc) is 2.40. The minimum absolute atomic E-state index is 0.277. The second kappa shape index (κ2) is 6.04. The minimum atomic E-state index is 0.277. The van der Waals surface area contributed by atoms with Crippen LogP contribution in [-0.2, 0) is 6.54 Å². The van der Waals surface area contributed by atoms with E-state index in [1.54, 1.807) is 0 Å². The number of nitrogen functional groups attached to an aromatic ring is 1. The largest absolute Gasteiger partial charge is 0.393 e. The topological polar surface area (TPSA) is 75.9 Å². The van der Waals surface area contributed by atoms with Crippen molar-refractivity contribution in [3.63, 3.8) is 0 Å². The number of hydrogen-bond acceptors (Lipinski definition) is 5. The van der Waals surface area contributed by atoms with Gasteiger partial charge < -0.3 is 16.4 Å². The van der Waals surface area contributed by atoms with E-state index in [9.17, 15) is 0 Å². The van der Waals surface area contributed by atoms with Gasteiger partial charge in [0.25, 0.3) is 0 Å². The summed E-state index contributed by atoms with van der Waals surface area (Å²) in [4.78, 5) is 8.32. The molecule has 0 bridgehead atoms. The van der Waals surface area contributed by atoms with Crippen LogP contribution in [-0.4, -0.2) is 16.0 Å². The summed E-state index contributed by atoms with van der Waals surface area (Å²) in [6, 6.07) is 10.4. The van der Waals surface area contributed by atoms with Crippen LogP contribution >= 0.6 is 0 Å². The lowest BCUT2D eigenvalue weighted by atomic mass is 10.2. The Balaban J connectivity index is 2.08. The maximum atomic E-state index is 6.05. The maximum absolute atomic E-state index is 6.05. The molecule has 1 aromatic carbocycles. The predicted octanol–water partition coefficient (Wildman–Crippen LogP) is 2.49. The third-order valence-corrected chi connectivity index (χ3v) is 2.61. The Morgan fingerprint density at radius 2 is 1.79 bits per heavy atom. The van der Waals surface area contributed by atoms with Crippen LogP contribution in [0.25, 0.3) is 0 Å². The SMILES string of the molecule is CC(C)Nc1ncnc(NCc2ccccc2)c1N. The van der Waals surface area contributed by atoms with Gasteiger partial charge in [0.2, 0.25) is 0 Å². The van der Waals surface area contributed by atoms with Gasteiger partial charge in [-0.3, -0.25) is 0 Å². The molecule has 0 aliphatic heterocycles. The van der Waals surface area contributed by atoms with Crippen LogP contribution in [0.2, 0.25) is 0 Å². The van der Waals surface area contributed by atoms with Gasteiger partial charge in [0.15, 0.2) is 11.6 Å². The smallest absolute Gasteiger partial charge is 0.155 e. The van der Waals surface area contributed by atoms with Gasteiger partial charge in [-0.25, -0.2) is 9.97 Å². The summed E-state index contributed by atoms with van der Waals surface area (Å²) in [5.74, 6) is 1.32. The molecule has 4 N–H and O–H groups in total. The summed E-state index contributed by atoms with van der Waals surface area (Å²) in [5.41, 5.74) is 7.77. The maximum Gasteiger partial charge on any atom is 0.155 e. The van der Waals surface area contributed by atoms with Crippen LogP contribution in [0.1, 0.15) is 19.4 Å². The monoisotopic (exact) mass is 257 g/mol. The van der Waals surface area contributed by atoms with Crippen LogP contribution in [0, 0.1) is 0 Å². The summed E-state index contributed by atoms with van der Waals surface area (Å²) < 4.78 is 0. The van der Waals surface area contributed by atoms with Crippen molar-refractivity contribution >= 4 is 17.3 Å². The lowest BCUT2D eigenvalue weighted by Gasteiger charge is -2.14. The molecular formula is C14H19N5. The first kappa shape index (κ1) is 13.1. The van der Waals surface area contributed by atoms with Crippen molar-refractivity contribution in [2.45, 2.75) is 26.4 Å². The Labute approximate surface area is 113 Å². The number of nitrogens with two attached hydrogens (primary N) is 1.